The molecule has 2 N–H and O–H groups in total. The number of hydrogen-bond acceptors (Lipinski definition) is 3. The molecule has 0 aromatic carbocycles. The van der Waals surface area contributed by atoms with Crippen molar-refractivity contribution in [2.45, 2.75) is 32.4 Å². The monoisotopic (exact) mass is 197 g/mol. The minimum atomic E-state index is 0.225. The SMILES string of the molecule is CCCNC(CCO)Cn1cccn1. The molecule has 14 heavy (non-hydrogen) atoms. The first-order chi connectivity index (χ1) is 6.86. The van der Waals surface area contributed by atoms with Crippen molar-refractivity contribution in [1.82, 2.24) is 15.1 Å². The lowest BCUT2D eigenvalue weighted by Gasteiger charge is -2.17. The Labute approximate surface area is 84.9 Å². The van der Waals surface area contributed by atoms with Gasteiger partial charge >= 0.3 is 0 Å². The molecule has 1 aromatic rings. The van der Waals surface area contributed by atoms with Crippen molar-refractivity contribution in [2.24, 2.45) is 0 Å². The minimum Gasteiger partial charge on any atom is -0.396 e. The number of aromatic nitrogens is 2. The van der Waals surface area contributed by atoms with E-state index in [9.17, 15) is 0 Å². The minimum absolute atomic E-state index is 0.225. The number of aliphatic hydroxyl groups excluding tert-OH is 1. The summed E-state index contributed by atoms with van der Waals surface area (Å²) in [6.07, 6.45) is 5.61. The zero-order chi connectivity index (χ0) is 10.2. The quantitative estimate of drug-likeness (QED) is 0.674. The summed E-state index contributed by atoms with van der Waals surface area (Å²) >= 11 is 0. The van der Waals surface area contributed by atoms with E-state index in [2.05, 4.69) is 17.3 Å². The van der Waals surface area contributed by atoms with Gasteiger partial charge in [-0.05, 0) is 25.5 Å². The highest BCUT2D eigenvalue weighted by Crippen LogP contribution is 1.96. The van der Waals surface area contributed by atoms with Crippen LogP contribution in [0.5, 0.6) is 0 Å². The van der Waals surface area contributed by atoms with Crippen LogP contribution in [0.15, 0.2) is 18.5 Å². The van der Waals surface area contributed by atoms with Crippen molar-refractivity contribution in [2.75, 3.05) is 13.2 Å². The molecule has 0 aliphatic heterocycles. The van der Waals surface area contributed by atoms with Gasteiger partial charge in [-0.15, -0.1) is 0 Å². The molecule has 0 saturated carbocycles. The van der Waals surface area contributed by atoms with Gasteiger partial charge in [-0.2, -0.15) is 5.10 Å². The maximum atomic E-state index is 8.89. The molecule has 0 aliphatic rings. The summed E-state index contributed by atoms with van der Waals surface area (Å²) in [4.78, 5) is 0. The summed E-state index contributed by atoms with van der Waals surface area (Å²) < 4.78 is 1.89. The second-order valence-corrected chi connectivity index (χ2v) is 3.39. The average Bonchev–Trinajstić information content (AvgIpc) is 2.67. The number of rotatable bonds is 7. The van der Waals surface area contributed by atoms with Crippen molar-refractivity contribution >= 4 is 0 Å². The average molecular weight is 197 g/mol. The smallest absolute Gasteiger partial charge is 0.0563 e. The third kappa shape index (κ3) is 3.89. The predicted molar refractivity (Wildman–Crippen MR) is 56.0 cm³/mol. The largest absolute Gasteiger partial charge is 0.396 e. The fraction of sp³-hybridized carbons (Fsp3) is 0.700. The van der Waals surface area contributed by atoms with E-state index in [1.807, 2.05) is 16.9 Å². The Bertz CT molecular complexity index is 223. The highest BCUT2D eigenvalue weighted by molar-refractivity contribution is 4.79. The van der Waals surface area contributed by atoms with Crippen LogP contribution >= 0.6 is 0 Å². The Balaban J connectivity index is 2.34. The lowest BCUT2D eigenvalue weighted by Crippen LogP contribution is -2.34. The molecule has 4 nitrogen and oxygen atoms in total. The Morgan fingerprint density at radius 2 is 2.43 bits per heavy atom. The molecule has 80 valence electrons. The molecule has 1 rings (SSSR count). The van der Waals surface area contributed by atoms with Crippen LogP contribution in [0.2, 0.25) is 0 Å². The molecule has 0 fully saturated rings. The van der Waals surface area contributed by atoms with Crippen molar-refractivity contribution < 1.29 is 5.11 Å². The summed E-state index contributed by atoms with van der Waals surface area (Å²) in [6, 6.07) is 2.23. The standard InChI is InChI=1S/C10H19N3O/c1-2-5-11-10(4-8-14)9-13-7-3-6-12-13/h3,6-7,10-11,14H,2,4-5,8-9H2,1H3. The predicted octanol–water partition coefficient (Wildman–Crippen LogP) is 0.634. The Morgan fingerprint density at radius 1 is 1.57 bits per heavy atom. The van der Waals surface area contributed by atoms with E-state index in [0.717, 1.165) is 25.9 Å². The lowest BCUT2D eigenvalue weighted by molar-refractivity contribution is 0.254. The molecule has 0 radical (unpaired) electrons. The van der Waals surface area contributed by atoms with Crippen LogP contribution in [0.1, 0.15) is 19.8 Å². The molecule has 1 heterocycles. The molecule has 0 amide bonds. The van der Waals surface area contributed by atoms with Gasteiger partial charge in [0.25, 0.3) is 0 Å². The number of nitrogens with one attached hydrogen (secondary N) is 1. The summed E-state index contributed by atoms with van der Waals surface area (Å²) in [5, 5.41) is 16.4. The summed E-state index contributed by atoms with van der Waals surface area (Å²) in [5.74, 6) is 0. The van der Waals surface area contributed by atoms with Crippen LogP contribution in [-0.2, 0) is 6.54 Å². The normalized spacial score (nSPS) is 13.0. The molecule has 0 spiro atoms. The van der Waals surface area contributed by atoms with E-state index in [-0.39, 0.29) is 6.61 Å². The second-order valence-electron chi connectivity index (χ2n) is 3.39. The van der Waals surface area contributed by atoms with Crippen LogP contribution in [0.4, 0.5) is 0 Å². The van der Waals surface area contributed by atoms with Crippen molar-refractivity contribution in [3.05, 3.63) is 18.5 Å². The van der Waals surface area contributed by atoms with Crippen LogP contribution in [0.25, 0.3) is 0 Å². The van der Waals surface area contributed by atoms with Gasteiger partial charge in [0.05, 0.1) is 6.54 Å². The molecule has 1 aromatic heterocycles. The van der Waals surface area contributed by atoms with Crippen molar-refractivity contribution in [1.29, 1.82) is 0 Å². The van der Waals surface area contributed by atoms with Gasteiger partial charge in [0.1, 0.15) is 0 Å². The van der Waals surface area contributed by atoms with E-state index in [4.69, 9.17) is 5.11 Å². The molecular weight excluding hydrogens is 178 g/mol. The zero-order valence-corrected chi connectivity index (χ0v) is 8.69. The Hall–Kier alpha value is -0.870. The number of hydrogen-bond donors (Lipinski definition) is 2. The first-order valence-corrected chi connectivity index (χ1v) is 5.18. The maximum Gasteiger partial charge on any atom is 0.0563 e. The summed E-state index contributed by atoms with van der Waals surface area (Å²) in [5.41, 5.74) is 0. The molecule has 4 heteroatoms. The third-order valence-electron chi connectivity index (χ3n) is 2.13. The van der Waals surface area contributed by atoms with E-state index in [0.29, 0.717) is 6.04 Å². The highest BCUT2D eigenvalue weighted by atomic mass is 16.3. The van der Waals surface area contributed by atoms with Gasteiger partial charge < -0.3 is 10.4 Å². The van der Waals surface area contributed by atoms with E-state index < -0.39 is 0 Å². The molecule has 1 unspecified atom stereocenters. The van der Waals surface area contributed by atoms with Gasteiger partial charge in [-0.1, -0.05) is 6.92 Å². The number of nitrogens with zero attached hydrogens (tertiary/aromatic N) is 2. The highest BCUT2D eigenvalue weighted by Gasteiger charge is 2.07. The van der Waals surface area contributed by atoms with Gasteiger partial charge in [-0.3, -0.25) is 4.68 Å². The van der Waals surface area contributed by atoms with Crippen LogP contribution in [-0.4, -0.2) is 34.1 Å². The summed E-state index contributed by atoms with van der Waals surface area (Å²) in [6.45, 7) is 4.18. The first-order valence-electron chi connectivity index (χ1n) is 5.18. The Morgan fingerprint density at radius 3 is 3.00 bits per heavy atom. The van der Waals surface area contributed by atoms with E-state index >= 15 is 0 Å². The molecule has 0 aliphatic carbocycles. The fourth-order valence-corrected chi connectivity index (χ4v) is 1.40. The van der Waals surface area contributed by atoms with Gasteiger partial charge in [-0.25, -0.2) is 0 Å². The molecular formula is C10H19N3O. The third-order valence-corrected chi connectivity index (χ3v) is 2.13. The van der Waals surface area contributed by atoms with Gasteiger partial charge in [0, 0.05) is 25.0 Å². The lowest BCUT2D eigenvalue weighted by atomic mass is 10.2. The first kappa shape index (κ1) is 11.2. The van der Waals surface area contributed by atoms with Crippen molar-refractivity contribution in [3.8, 4) is 0 Å². The second kappa shape index (κ2) is 6.56. The Kier molecular flexibility index (Phi) is 5.25. The maximum absolute atomic E-state index is 8.89. The van der Waals surface area contributed by atoms with E-state index in [1.54, 1.807) is 6.20 Å². The fourth-order valence-electron chi connectivity index (χ4n) is 1.40. The molecule has 1 atom stereocenters. The zero-order valence-electron chi connectivity index (χ0n) is 8.69. The van der Waals surface area contributed by atoms with Crippen molar-refractivity contribution in [3.63, 3.8) is 0 Å². The van der Waals surface area contributed by atoms with Gasteiger partial charge in [0.15, 0.2) is 0 Å². The van der Waals surface area contributed by atoms with Crippen LogP contribution in [0.3, 0.4) is 0 Å². The van der Waals surface area contributed by atoms with Crippen LogP contribution < -0.4 is 5.32 Å². The topological polar surface area (TPSA) is 50.1 Å². The summed E-state index contributed by atoms with van der Waals surface area (Å²) in [7, 11) is 0. The molecule has 0 bridgehead atoms. The molecule has 0 saturated heterocycles. The number of aliphatic hydroxyl groups is 1. The van der Waals surface area contributed by atoms with E-state index in [1.165, 1.54) is 0 Å². The van der Waals surface area contributed by atoms with Crippen LogP contribution in [0, 0.1) is 0 Å². The van der Waals surface area contributed by atoms with Gasteiger partial charge in [0.2, 0.25) is 0 Å².